The van der Waals surface area contributed by atoms with E-state index in [0.29, 0.717) is 5.69 Å². The number of nitro benzene ring substituents is 1. The third-order valence-electron chi connectivity index (χ3n) is 2.55. The fraction of sp³-hybridized carbons (Fsp3) is 0. The minimum atomic E-state index is -0.626. The van der Waals surface area contributed by atoms with E-state index in [4.69, 9.17) is 0 Å². The average molecular weight is 270 g/mol. The lowest BCUT2D eigenvalue weighted by Crippen LogP contribution is -1.97. The van der Waals surface area contributed by atoms with Crippen molar-refractivity contribution in [3.05, 3.63) is 70.0 Å². The summed E-state index contributed by atoms with van der Waals surface area (Å²) in [6.07, 6.45) is 4.26. The fourth-order valence-corrected chi connectivity index (χ4v) is 1.56. The molecule has 0 aliphatic heterocycles. The minimum absolute atomic E-state index is 0.119. The van der Waals surface area contributed by atoms with Crippen molar-refractivity contribution in [1.82, 2.24) is 4.98 Å². The second kappa shape index (κ2) is 5.75. The van der Waals surface area contributed by atoms with Crippen molar-refractivity contribution >= 4 is 17.5 Å². The topological polar surface area (TPSA) is 93.3 Å². The first-order chi connectivity index (χ1) is 9.58. The number of hydrogen-bond donors (Lipinski definition) is 1. The maximum atomic E-state index is 11.9. The SMILES string of the molecule is O=C(/C=C/c1ccccn1)c1cc([N+](=O)[O-])ccc1O. The highest BCUT2D eigenvalue weighted by Crippen LogP contribution is 2.23. The van der Waals surface area contributed by atoms with Crippen LogP contribution in [-0.4, -0.2) is 20.8 Å². The van der Waals surface area contributed by atoms with Gasteiger partial charge < -0.3 is 5.11 Å². The Morgan fingerprint density at radius 3 is 2.75 bits per heavy atom. The molecule has 0 saturated heterocycles. The Morgan fingerprint density at radius 1 is 1.30 bits per heavy atom. The van der Waals surface area contributed by atoms with Crippen molar-refractivity contribution in [2.75, 3.05) is 0 Å². The van der Waals surface area contributed by atoms with Crippen LogP contribution in [0.3, 0.4) is 0 Å². The molecule has 1 aromatic carbocycles. The van der Waals surface area contributed by atoms with E-state index >= 15 is 0 Å². The van der Waals surface area contributed by atoms with Crippen LogP contribution in [-0.2, 0) is 0 Å². The molecule has 6 heteroatoms. The summed E-state index contributed by atoms with van der Waals surface area (Å²) in [7, 11) is 0. The third kappa shape index (κ3) is 3.05. The van der Waals surface area contributed by atoms with Gasteiger partial charge in [-0.15, -0.1) is 0 Å². The highest BCUT2D eigenvalue weighted by molar-refractivity contribution is 6.08. The number of benzene rings is 1. The zero-order valence-corrected chi connectivity index (χ0v) is 10.3. The minimum Gasteiger partial charge on any atom is -0.507 e. The van der Waals surface area contributed by atoms with Gasteiger partial charge in [0.05, 0.1) is 16.2 Å². The van der Waals surface area contributed by atoms with Gasteiger partial charge in [-0.2, -0.15) is 0 Å². The van der Waals surface area contributed by atoms with Crippen LogP contribution in [0, 0.1) is 10.1 Å². The maximum Gasteiger partial charge on any atom is 0.270 e. The summed E-state index contributed by atoms with van der Waals surface area (Å²) in [5, 5.41) is 20.2. The molecule has 0 aliphatic carbocycles. The number of ketones is 1. The first kappa shape index (κ1) is 13.4. The molecule has 0 radical (unpaired) electrons. The summed E-state index contributed by atoms with van der Waals surface area (Å²) in [5.41, 5.74) is 0.203. The van der Waals surface area contributed by atoms with Gasteiger partial charge in [0.25, 0.3) is 5.69 Å². The summed E-state index contributed by atoms with van der Waals surface area (Å²) in [6.45, 7) is 0. The van der Waals surface area contributed by atoms with Gasteiger partial charge in [0.2, 0.25) is 0 Å². The molecule has 0 bridgehead atoms. The van der Waals surface area contributed by atoms with Gasteiger partial charge in [0.15, 0.2) is 5.78 Å². The molecular weight excluding hydrogens is 260 g/mol. The van der Waals surface area contributed by atoms with E-state index in [2.05, 4.69) is 4.98 Å². The van der Waals surface area contributed by atoms with Crippen molar-refractivity contribution in [3.8, 4) is 5.75 Å². The number of aromatic nitrogens is 1. The van der Waals surface area contributed by atoms with Crippen LogP contribution in [0.25, 0.3) is 6.08 Å². The first-order valence-electron chi connectivity index (χ1n) is 5.69. The van der Waals surface area contributed by atoms with Gasteiger partial charge in [-0.3, -0.25) is 19.9 Å². The largest absolute Gasteiger partial charge is 0.507 e. The summed E-state index contributed by atoms with van der Waals surface area (Å²) >= 11 is 0. The molecule has 1 N–H and O–H groups in total. The lowest BCUT2D eigenvalue weighted by Gasteiger charge is -2.00. The molecule has 0 fully saturated rings. The molecular formula is C14H10N2O4. The van der Waals surface area contributed by atoms with E-state index < -0.39 is 10.7 Å². The van der Waals surface area contributed by atoms with E-state index in [1.807, 2.05) is 0 Å². The summed E-state index contributed by atoms with van der Waals surface area (Å²) in [4.78, 5) is 25.9. The van der Waals surface area contributed by atoms with Crippen molar-refractivity contribution in [2.24, 2.45) is 0 Å². The quantitative estimate of drug-likeness (QED) is 0.399. The predicted molar refractivity (Wildman–Crippen MR) is 72.4 cm³/mol. The van der Waals surface area contributed by atoms with Crippen molar-refractivity contribution in [1.29, 1.82) is 0 Å². The number of non-ortho nitro benzene ring substituents is 1. The lowest BCUT2D eigenvalue weighted by molar-refractivity contribution is -0.384. The number of hydrogen-bond acceptors (Lipinski definition) is 5. The molecule has 0 amide bonds. The van der Waals surface area contributed by atoms with Crippen molar-refractivity contribution < 1.29 is 14.8 Å². The number of allylic oxidation sites excluding steroid dienone is 1. The Labute approximate surface area is 114 Å². The number of phenols is 1. The summed E-state index contributed by atoms with van der Waals surface area (Å²) in [5.74, 6) is -0.830. The lowest BCUT2D eigenvalue weighted by atomic mass is 10.1. The summed E-state index contributed by atoms with van der Waals surface area (Å²) < 4.78 is 0. The van der Waals surface area contributed by atoms with Crippen molar-refractivity contribution in [3.63, 3.8) is 0 Å². The van der Waals surface area contributed by atoms with Gasteiger partial charge in [-0.1, -0.05) is 6.07 Å². The molecule has 0 atom stereocenters. The fourth-order valence-electron chi connectivity index (χ4n) is 1.56. The predicted octanol–water partition coefficient (Wildman–Crippen LogP) is 2.59. The first-order valence-corrected chi connectivity index (χ1v) is 5.69. The van der Waals surface area contributed by atoms with Crippen LogP contribution in [0.15, 0.2) is 48.7 Å². The number of nitrogens with zero attached hydrogens (tertiary/aromatic N) is 2. The van der Waals surface area contributed by atoms with Crippen LogP contribution in [0.5, 0.6) is 5.75 Å². The van der Waals surface area contributed by atoms with E-state index in [9.17, 15) is 20.0 Å². The third-order valence-corrected chi connectivity index (χ3v) is 2.55. The molecule has 100 valence electrons. The molecule has 6 nitrogen and oxygen atoms in total. The molecule has 2 aromatic rings. The van der Waals surface area contributed by atoms with E-state index in [-0.39, 0.29) is 17.0 Å². The monoisotopic (exact) mass is 270 g/mol. The second-order valence-corrected chi connectivity index (χ2v) is 3.91. The van der Waals surface area contributed by atoms with Crippen LogP contribution in [0.1, 0.15) is 16.1 Å². The number of carbonyl (C=O) groups excluding carboxylic acids is 1. The van der Waals surface area contributed by atoms with Crippen molar-refractivity contribution in [2.45, 2.75) is 0 Å². The highest BCUT2D eigenvalue weighted by atomic mass is 16.6. The number of pyridine rings is 1. The number of carbonyl (C=O) groups is 1. The Bertz CT molecular complexity index is 681. The van der Waals surface area contributed by atoms with Gasteiger partial charge in [-0.05, 0) is 30.4 Å². The normalized spacial score (nSPS) is 10.6. The van der Waals surface area contributed by atoms with Gasteiger partial charge in [0, 0.05) is 18.3 Å². The number of phenolic OH excluding ortho intramolecular Hbond substituents is 1. The number of nitro groups is 1. The van der Waals surface area contributed by atoms with Crippen LogP contribution < -0.4 is 0 Å². The molecule has 20 heavy (non-hydrogen) atoms. The summed E-state index contributed by atoms with van der Waals surface area (Å²) in [6, 6.07) is 8.51. The Morgan fingerprint density at radius 2 is 2.10 bits per heavy atom. The van der Waals surface area contributed by atoms with Crippen LogP contribution in [0.2, 0.25) is 0 Å². The van der Waals surface area contributed by atoms with E-state index in [1.165, 1.54) is 12.2 Å². The van der Waals surface area contributed by atoms with Gasteiger partial charge in [-0.25, -0.2) is 0 Å². The zero-order valence-electron chi connectivity index (χ0n) is 10.3. The molecule has 0 aliphatic rings. The van der Waals surface area contributed by atoms with Crippen LogP contribution >= 0.6 is 0 Å². The molecule has 2 rings (SSSR count). The smallest absolute Gasteiger partial charge is 0.270 e. The molecule has 0 spiro atoms. The molecule has 0 saturated carbocycles. The average Bonchev–Trinajstić information content (AvgIpc) is 2.46. The van der Waals surface area contributed by atoms with E-state index in [0.717, 1.165) is 18.2 Å². The Balaban J connectivity index is 2.27. The molecule has 1 heterocycles. The molecule has 1 aromatic heterocycles. The Hall–Kier alpha value is -3.02. The zero-order chi connectivity index (χ0) is 14.5. The number of aromatic hydroxyl groups is 1. The standard InChI is InChI=1S/C14H10N2O4/c17-13(6-4-10-3-1-2-8-15-10)12-9-11(16(19)20)5-7-14(12)18/h1-9,18H/b6-4+. The van der Waals surface area contributed by atoms with Gasteiger partial charge >= 0.3 is 0 Å². The maximum absolute atomic E-state index is 11.9. The highest BCUT2D eigenvalue weighted by Gasteiger charge is 2.14. The van der Waals surface area contributed by atoms with E-state index in [1.54, 1.807) is 24.4 Å². The second-order valence-electron chi connectivity index (χ2n) is 3.91. The van der Waals surface area contributed by atoms with Crippen LogP contribution in [0.4, 0.5) is 5.69 Å². The van der Waals surface area contributed by atoms with Gasteiger partial charge in [0.1, 0.15) is 5.75 Å². The number of rotatable bonds is 4. The molecule has 0 unspecified atom stereocenters. The Kier molecular flexibility index (Phi) is 3.85.